The van der Waals surface area contributed by atoms with Crippen molar-refractivity contribution in [3.05, 3.63) is 11.6 Å². The summed E-state index contributed by atoms with van der Waals surface area (Å²) in [5.74, 6) is 0. The van der Waals surface area contributed by atoms with Crippen LogP contribution in [0.25, 0.3) is 0 Å². The molecule has 1 rings (SSSR count). The smallest absolute Gasteiger partial charge is 0.0407 e. The van der Waals surface area contributed by atoms with Gasteiger partial charge in [0.05, 0.1) is 0 Å². The van der Waals surface area contributed by atoms with Crippen LogP contribution in [0.4, 0.5) is 0 Å². The van der Waals surface area contributed by atoms with E-state index in [2.05, 4.69) is 43.8 Å². The van der Waals surface area contributed by atoms with Crippen molar-refractivity contribution in [2.75, 3.05) is 33.7 Å². The van der Waals surface area contributed by atoms with E-state index in [4.69, 9.17) is 5.73 Å². The van der Waals surface area contributed by atoms with Crippen LogP contribution in [0.3, 0.4) is 0 Å². The Morgan fingerprint density at radius 3 is 2.57 bits per heavy atom. The minimum absolute atomic E-state index is 0.160. The van der Waals surface area contributed by atoms with Gasteiger partial charge >= 0.3 is 0 Å². The summed E-state index contributed by atoms with van der Waals surface area (Å²) in [5, 5.41) is 0. The van der Waals surface area contributed by atoms with Crippen LogP contribution in [-0.2, 0) is 0 Å². The molecule has 0 aromatic heterocycles. The molecule has 0 aliphatic carbocycles. The molecular formula is C11H23N3. The van der Waals surface area contributed by atoms with Gasteiger partial charge in [-0.25, -0.2) is 0 Å². The van der Waals surface area contributed by atoms with Crippen LogP contribution in [0.5, 0.6) is 0 Å². The van der Waals surface area contributed by atoms with E-state index < -0.39 is 0 Å². The summed E-state index contributed by atoms with van der Waals surface area (Å²) < 4.78 is 0. The fraction of sp³-hybridized carbons (Fsp3) is 0.818. The maximum atomic E-state index is 6.16. The van der Waals surface area contributed by atoms with Crippen molar-refractivity contribution < 1.29 is 0 Å². The van der Waals surface area contributed by atoms with Crippen LogP contribution in [0.2, 0.25) is 0 Å². The number of piperazine rings is 1. The first-order chi connectivity index (χ1) is 6.50. The highest BCUT2D eigenvalue weighted by atomic mass is 15.3. The Balaban J connectivity index is 2.60. The molecular weight excluding hydrogens is 174 g/mol. The Bertz CT molecular complexity index is 209. The monoisotopic (exact) mass is 197 g/mol. The van der Waals surface area contributed by atoms with Crippen molar-refractivity contribution in [3.8, 4) is 0 Å². The molecule has 2 unspecified atom stereocenters. The normalized spacial score (nSPS) is 27.4. The van der Waals surface area contributed by atoms with Gasteiger partial charge in [0.2, 0.25) is 0 Å². The standard InChI is InChI=1S/C11H23N3/c1-9(2)7-10(12)11-8-13(3)5-6-14(11)4/h7,10-11H,5-6,8,12H2,1-4H3. The van der Waals surface area contributed by atoms with Gasteiger partial charge in [-0.3, -0.25) is 4.90 Å². The van der Waals surface area contributed by atoms with Gasteiger partial charge in [-0.1, -0.05) is 11.6 Å². The number of nitrogens with two attached hydrogens (primary N) is 1. The summed E-state index contributed by atoms with van der Waals surface area (Å²) in [6.45, 7) is 7.54. The number of hydrogen-bond acceptors (Lipinski definition) is 3. The summed E-state index contributed by atoms with van der Waals surface area (Å²) in [5.41, 5.74) is 7.46. The van der Waals surface area contributed by atoms with E-state index >= 15 is 0 Å². The third-order valence-electron chi connectivity index (χ3n) is 2.87. The van der Waals surface area contributed by atoms with Crippen LogP contribution in [0.15, 0.2) is 11.6 Å². The van der Waals surface area contributed by atoms with E-state index in [1.807, 2.05) is 0 Å². The Kier molecular flexibility index (Phi) is 4.11. The molecule has 3 heteroatoms. The molecule has 0 radical (unpaired) electrons. The molecule has 2 N–H and O–H groups in total. The first-order valence-electron chi connectivity index (χ1n) is 5.30. The number of hydrogen-bond donors (Lipinski definition) is 1. The second kappa shape index (κ2) is 4.91. The largest absolute Gasteiger partial charge is 0.323 e. The SMILES string of the molecule is CC(C)=CC(N)C1CN(C)CCN1C. The molecule has 1 fully saturated rings. The minimum Gasteiger partial charge on any atom is -0.323 e. The van der Waals surface area contributed by atoms with Crippen LogP contribution in [-0.4, -0.2) is 55.6 Å². The minimum atomic E-state index is 0.160. The Morgan fingerprint density at radius 2 is 2.00 bits per heavy atom. The molecule has 0 spiro atoms. The molecule has 0 bridgehead atoms. The molecule has 1 saturated heterocycles. The fourth-order valence-corrected chi connectivity index (χ4v) is 1.96. The highest BCUT2D eigenvalue weighted by molar-refractivity contribution is 5.05. The van der Waals surface area contributed by atoms with Gasteiger partial charge in [0.1, 0.15) is 0 Å². The van der Waals surface area contributed by atoms with Crippen LogP contribution >= 0.6 is 0 Å². The summed E-state index contributed by atoms with van der Waals surface area (Å²) in [6.07, 6.45) is 2.17. The lowest BCUT2D eigenvalue weighted by Gasteiger charge is -2.40. The first kappa shape index (κ1) is 11.7. The predicted octanol–water partition coefficient (Wildman–Crippen LogP) is 0.526. The zero-order valence-electron chi connectivity index (χ0n) is 9.83. The maximum absolute atomic E-state index is 6.16. The lowest BCUT2D eigenvalue weighted by atomic mass is 10.0. The molecule has 0 saturated carbocycles. The Morgan fingerprint density at radius 1 is 1.36 bits per heavy atom. The van der Waals surface area contributed by atoms with Crippen molar-refractivity contribution in [1.82, 2.24) is 9.80 Å². The van der Waals surface area contributed by atoms with E-state index in [1.165, 1.54) is 5.57 Å². The molecule has 1 aliphatic heterocycles. The second-order valence-corrected chi connectivity index (χ2v) is 4.63. The lowest BCUT2D eigenvalue weighted by molar-refractivity contribution is 0.106. The van der Waals surface area contributed by atoms with Crippen molar-refractivity contribution in [1.29, 1.82) is 0 Å². The zero-order valence-corrected chi connectivity index (χ0v) is 9.83. The first-order valence-corrected chi connectivity index (χ1v) is 5.30. The van der Waals surface area contributed by atoms with E-state index in [0.29, 0.717) is 6.04 Å². The molecule has 1 heterocycles. The molecule has 0 aromatic carbocycles. The number of allylic oxidation sites excluding steroid dienone is 1. The second-order valence-electron chi connectivity index (χ2n) is 4.63. The third kappa shape index (κ3) is 3.08. The number of likely N-dealkylation sites (N-methyl/N-ethyl adjacent to an activating group) is 2. The van der Waals surface area contributed by atoms with Crippen LogP contribution in [0, 0.1) is 0 Å². The van der Waals surface area contributed by atoms with Gasteiger partial charge in [0, 0.05) is 31.7 Å². The van der Waals surface area contributed by atoms with Gasteiger partial charge in [0.25, 0.3) is 0 Å². The summed E-state index contributed by atoms with van der Waals surface area (Å²) >= 11 is 0. The highest BCUT2D eigenvalue weighted by Crippen LogP contribution is 2.10. The topological polar surface area (TPSA) is 32.5 Å². The quantitative estimate of drug-likeness (QED) is 0.655. The summed E-state index contributed by atoms with van der Waals surface area (Å²) in [4.78, 5) is 4.72. The highest BCUT2D eigenvalue weighted by Gasteiger charge is 2.25. The summed E-state index contributed by atoms with van der Waals surface area (Å²) in [6, 6.07) is 0.622. The van der Waals surface area contributed by atoms with E-state index in [0.717, 1.165) is 19.6 Å². The molecule has 1 aliphatic rings. The predicted molar refractivity (Wildman–Crippen MR) is 61.3 cm³/mol. The Hall–Kier alpha value is -0.380. The molecule has 82 valence electrons. The third-order valence-corrected chi connectivity index (χ3v) is 2.87. The van der Waals surface area contributed by atoms with E-state index in [-0.39, 0.29) is 6.04 Å². The molecule has 0 amide bonds. The average molecular weight is 197 g/mol. The van der Waals surface area contributed by atoms with Crippen LogP contribution in [0.1, 0.15) is 13.8 Å². The van der Waals surface area contributed by atoms with Gasteiger partial charge in [-0.2, -0.15) is 0 Å². The molecule has 3 nitrogen and oxygen atoms in total. The average Bonchev–Trinajstić information content (AvgIpc) is 2.08. The molecule has 2 atom stereocenters. The van der Waals surface area contributed by atoms with Gasteiger partial charge in [0.15, 0.2) is 0 Å². The van der Waals surface area contributed by atoms with Crippen molar-refractivity contribution in [2.45, 2.75) is 25.9 Å². The molecule has 14 heavy (non-hydrogen) atoms. The number of rotatable bonds is 2. The van der Waals surface area contributed by atoms with Gasteiger partial charge in [-0.05, 0) is 27.9 Å². The van der Waals surface area contributed by atoms with Crippen molar-refractivity contribution in [3.63, 3.8) is 0 Å². The van der Waals surface area contributed by atoms with E-state index in [9.17, 15) is 0 Å². The lowest BCUT2D eigenvalue weighted by Crippen LogP contribution is -2.56. The van der Waals surface area contributed by atoms with E-state index in [1.54, 1.807) is 0 Å². The Labute approximate surface area is 87.6 Å². The maximum Gasteiger partial charge on any atom is 0.0407 e. The summed E-state index contributed by atoms with van der Waals surface area (Å²) in [7, 11) is 4.32. The van der Waals surface area contributed by atoms with Gasteiger partial charge in [-0.15, -0.1) is 0 Å². The van der Waals surface area contributed by atoms with Crippen molar-refractivity contribution in [2.24, 2.45) is 5.73 Å². The number of nitrogens with zero attached hydrogens (tertiary/aromatic N) is 2. The van der Waals surface area contributed by atoms with Crippen molar-refractivity contribution >= 4 is 0 Å². The van der Waals surface area contributed by atoms with Crippen LogP contribution < -0.4 is 5.73 Å². The van der Waals surface area contributed by atoms with Gasteiger partial charge < -0.3 is 10.6 Å². The zero-order chi connectivity index (χ0) is 10.7. The fourth-order valence-electron chi connectivity index (χ4n) is 1.96. The molecule has 0 aromatic rings.